The Morgan fingerprint density at radius 3 is 2.47 bits per heavy atom. The smallest absolute Gasteiger partial charge is 0.0468 e. The molecule has 0 aromatic carbocycles. The summed E-state index contributed by atoms with van der Waals surface area (Å²) in [6, 6.07) is 0.797. The highest BCUT2D eigenvalue weighted by Gasteiger charge is 2.31. The first kappa shape index (κ1) is 15.3. The molecule has 1 saturated carbocycles. The summed E-state index contributed by atoms with van der Waals surface area (Å²) in [5, 5.41) is 3.82. The van der Waals surface area contributed by atoms with Crippen molar-refractivity contribution >= 4 is 0 Å². The topological polar surface area (TPSA) is 21.3 Å². The molecule has 1 N–H and O–H groups in total. The average Bonchev–Trinajstić information content (AvgIpc) is 2.47. The van der Waals surface area contributed by atoms with E-state index in [1.165, 1.54) is 57.9 Å². The van der Waals surface area contributed by atoms with Crippen LogP contribution >= 0.6 is 0 Å². The first-order valence-electron chi connectivity index (χ1n) is 8.64. The molecule has 1 aliphatic heterocycles. The van der Waals surface area contributed by atoms with Gasteiger partial charge in [-0.3, -0.25) is 0 Å². The standard InChI is InChI=1S/C17H33NO/c1-3-9-18-17-6-5-14(4-2)12-16(17)13-15-7-10-19-11-8-15/h14-18H,3-13H2,1-2H3. The molecule has 1 heterocycles. The van der Waals surface area contributed by atoms with Gasteiger partial charge in [0.05, 0.1) is 0 Å². The van der Waals surface area contributed by atoms with E-state index in [0.29, 0.717) is 0 Å². The van der Waals surface area contributed by atoms with Crippen molar-refractivity contribution in [2.24, 2.45) is 17.8 Å². The summed E-state index contributed by atoms with van der Waals surface area (Å²) in [5.74, 6) is 2.85. The van der Waals surface area contributed by atoms with Crippen molar-refractivity contribution in [2.75, 3.05) is 19.8 Å². The normalized spacial score (nSPS) is 33.5. The maximum Gasteiger partial charge on any atom is 0.0468 e. The average molecular weight is 267 g/mol. The lowest BCUT2D eigenvalue weighted by Crippen LogP contribution is -2.42. The van der Waals surface area contributed by atoms with Gasteiger partial charge in [-0.05, 0) is 69.2 Å². The Kier molecular flexibility index (Phi) is 6.66. The third-order valence-electron chi connectivity index (χ3n) is 5.30. The molecule has 3 atom stereocenters. The van der Waals surface area contributed by atoms with Gasteiger partial charge in [0.1, 0.15) is 0 Å². The minimum Gasteiger partial charge on any atom is -0.381 e. The molecule has 2 aliphatic rings. The van der Waals surface area contributed by atoms with Crippen LogP contribution in [0, 0.1) is 17.8 Å². The van der Waals surface area contributed by atoms with Gasteiger partial charge >= 0.3 is 0 Å². The minimum atomic E-state index is 0.797. The first-order valence-corrected chi connectivity index (χ1v) is 8.64. The summed E-state index contributed by atoms with van der Waals surface area (Å²) in [7, 11) is 0. The molecule has 0 bridgehead atoms. The summed E-state index contributed by atoms with van der Waals surface area (Å²) in [6.07, 6.45) is 11.0. The summed E-state index contributed by atoms with van der Waals surface area (Å²) in [4.78, 5) is 0. The number of nitrogens with one attached hydrogen (secondary N) is 1. The molecule has 2 fully saturated rings. The predicted molar refractivity (Wildman–Crippen MR) is 81.4 cm³/mol. The third kappa shape index (κ3) is 4.75. The third-order valence-corrected chi connectivity index (χ3v) is 5.30. The summed E-state index contributed by atoms with van der Waals surface area (Å²) >= 11 is 0. The zero-order valence-corrected chi connectivity index (χ0v) is 13.0. The fraction of sp³-hybridized carbons (Fsp3) is 1.00. The minimum absolute atomic E-state index is 0.797. The van der Waals surface area contributed by atoms with Gasteiger partial charge in [0, 0.05) is 19.3 Å². The lowest BCUT2D eigenvalue weighted by molar-refractivity contribution is 0.0499. The van der Waals surface area contributed by atoms with Gasteiger partial charge in [0.15, 0.2) is 0 Å². The van der Waals surface area contributed by atoms with Crippen LogP contribution in [-0.2, 0) is 4.74 Å². The molecular weight excluding hydrogens is 234 g/mol. The van der Waals surface area contributed by atoms with Crippen molar-refractivity contribution in [1.29, 1.82) is 0 Å². The summed E-state index contributed by atoms with van der Waals surface area (Å²) in [6.45, 7) is 7.85. The Bertz CT molecular complexity index is 237. The molecule has 0 aromatic rings. The lowest BCUT2D eigenvalue weighted by atomic mass is 9.72. The van der Waals surface area contributed by atoms with Crippen LogP contribution in [0.15, 0.2) is 0 Å². The van der Waals surface area contributed by atoms with E-state index in [9.17, 15) is 0 Å². The van der Waals surface area contributed by atoms with Crippen LogP contribution in [0.2, 0.25) is 0 Å². The van der Waals surface area contributed by atoms with E-state index < -0.39 is 0 Å². The van der Waals surface area contributed by atoms with Gasteiger partial charge in [-0.15, -0.1) is 0 Å². The molecular formula is C17H33NO. The Morgan fingerprint density at radius 1 is 1.00 bits per heavy atom. The molecule has 1 saturated heterocycles. The molecule has 19 heavy (non-hydrogen) atoms. The highest BCUT2D eigenvalue weighted by atomic mass is 16.5. The van der Waals surface area contributed by atoms with Crippen LogP contribution in [-0.4, -0.2) is 25.8 Å². The van der Waals surface area contributed by atoms with E-state index in [4.69, 9.17) is 4.74 Å². The van der Waals surface area contributed by atoms with Crippen molar-refractivity contribution in [3.63, 3.8) is 0 Å². The van der Waals surface area contributed by atoms with Crippen molar-refractivity contribution < 1.29 is 4.74 Å². The number of ether oxygens (including phenoxy) is 1. The Labute approximate surface area is 119 Å². The van der Waals surface area contributed by atoms with Gasteiger partial charge in [0.2, 0.25) is 0 Å². The maximum atomic E-state index is 5.51. The van der Waals surface area contributed by atoms with Gasteiger partial charge in [-0.25, -0.2) is 0 Å². The van der Waals surface area contributed by atoms with Gasteiger partial charge in [0.25, 0.3) is 0 Å². The first-order chi connectivity index (χ1) is 9.33. The Balaban J connectivity index is 1.85. The summed E-state index contributed by atoms with van der Waals surface area (Å²) in [5.41, 5.74) is 0. The molecule has 0 spiro atoms. The van der Waals surface area contributed by atoms with E-state index >= 15 is 0 Å². The SMILES string of the molecule is CCCNC1CCC(CC)CC1CC1CCOCC1. The van der Waals surface area contributed by atoms with Crippen molar-refractivity contribution in [2.45, 2.75) is 71.3 Å². The quantitative estimate of drug-likeness (QED) is 0.785. The molecule has 0 amide bonds. The molecule has 2 heteroatoms. The Morgan fingerprint density at radius 2 is 1.79 bits per heavy atom. The molecule has 1 aliphatic carbocycles. The second-order valence-electron chi connectivity index (χ2n) is 6.70. The van der Waals surface area contributed by atoms with Crippen LogP contribution < -0.4 is 5.32 Å². The molecule has 2 rings (SSSR count). The number of rotatable bonds is 6. The monoisotopic (exact) mass is 267 g/mol. The zero-order valence-electron chi connectivity index (χ0n) is 13.0. The van der Waals surface area contributed by atoms with E-state index in [1.807, 2.05) is 0 Å². The number of hydrogen-bond acceptors (Lipinski definition) is 2. The summed E-state index contributed by atoms with van der Waals surface area (Å²) < 4.78 is 5.51. The predicted octanol–water partition coefficient (Wildman–Crippen LogP) is 4.00. The second kappa shape index (κ2) is 8.26. The van der Waals surface area contributed by atoms with E-state index in [0.717, 1.165) is 37.0 Å². The zero-order chi connectivity index (χ0) is 13.5. The van der Waals surface area contributed by atoms with Crippen molar-refractivity contribution in [3.8, 4) is 0 Å². The van der Waals surface area contributed by atoms with Crippen LogP contribution in [0.1, 0.15) is 65.2 Å². The van der Waals surface area contributed by atoms with E-state index in [1.54, 1.807) is 0 Å². The van der Waals surface area contributed by atoms with Crippen molar-refractivity contribution in [3.05, 3.63) is 0 Å². The fourth-order valence-corrected chi connectivity index (χ4v) is 4.00. The van der Waals surface area contributed by atoms with Crippen LogP contribution in [0.4, 0.5) is 0 Å². The highest BCUT2D eigenvalue weighted by Crippen LogP contribution is 2.36. The van der Waals surface area contributed by atoms with Gasteiger partial charge < -0.3 is 10.1 Å². The lowest BCUT2D eigenvalue weighted by Gasteiger charge is -2.39. The van der Waals surface area contributed by atoms with E-state index in [-0.39, 0.29) is 0 Å². The highest BCUT2D eigenvalue weighted by molar-refractivity contribution is 4.86. The molecule has 0 radical (unpaired) electrons. The van der Waals surface area contributed by atoms with E-state index in [2.05, 4.69) is 19.2 Å². The largest absolute Gasteiger partial charge is 0.381 e. The van der Waals surface area contributed by atoms with Crippen molar-refractivity contribution in [1.82, 2.24) is 5.32 Å². The van der Waals surface area contributed by atoms with Gasteiger partial charge in [-0.2, -0.15) is 0 Å². The maximum absolute atomic E-state index is 5.51. The van der Waals surface area contributed by atoms with Crippen LogP contribution in [0.25, 0.3) is 0 Å². The molecule has 112 valence electrons. The van der Waals surface area contributed by atoms with Crippen LogP contribution in [0.3, 0.4) is 0 Å². The molecule has 0 aromatic heterocycles. The molecule has 3 unspecified atom stereocenters. The fourth-order valence-electron chi connectivity index (χ4n) is 4.00. The second-order valence-corrected chi connectivity index (χ2v) is 6.70. The number of hydrogen-bond donors (Lipinski definition) is 1. The Hall–Kier alpha value is -0.0800. The molecule has 2 nitrogen and oxygen atoms in total. The van der Waals surface area contributed by atoms with Crippen LogP contribution in [0.5, 0.6) is 0 Å². The van der Waals surface area contributed by atoms with Gasteiger partial charge in [-0.1, -0.05) is 20.3 Å².